The van der Waals surface area contributed by atoms with Crippen LogP contribution in [-0.4, -0.2) is 24.3 Å². The highest BCUT2D eigenvalue weighted by atomic mass is 35.5. The predicted molar refractivity (Wildman–Crippen MR) is 59.4 cm³/mol. The van der Waals surface area contributed by atoms with Crippen molar-refractivity contribution in [2.75, 3.05) is 12.4 Å². The number of rotatable bonds is 2. The predicted octanol–water partition coefficient (Wildman–Crippen LogP) is 2.87. The molecule has 0 radical (unpaired) electrons. The number of carboxylic acid groups (broad SMARTS) is 1. The molecule has 5 nitrogen and oxygen atoms in total. The van der Waals surface area contributed by atoms with Crippen LogP contribution >= 0.6 is 23.2 Å². The number of anilines is 1. The van der Waals surface area contributed by atoms with E-state index in [-0.39, 0.29) is 21.3 Å². The summed E-state index contributed by atoms with van der Waals surface area (Å²) in [7, 11) is 1.15. The summed E-state index contributed by atoms with van der Waals surface area (Å²) in [5.74, 6) is -1.27. The number of carbonyl (C=O) groups excluding carboxylic acids is 1. The zero-order valence-corrected chi connectivity index (χ0v) is 9.59. The molecule has 7 heteroatoms. The highest BCUT2D eigenvalue weighted by molar-refractivity contribution is 6.37. The zero-order valence-electron chi connectivity index (χ0n) is 8.08. The number of amides is 1. The lowest BCUT2D eigenvalue weighted by molar-refractivity contribution is 0.0698. The van der Waals surface area contributed by atoms with Crippen LogP contribution in [0.2, 0.25) is 10.0 Å². The molecule has 0 unspecified atom stereocenters. The fraction of sp³-hybridized carbons (Fsp3) is 0.111. The third-order valence-electron chi connectivity index (χ3n) is 1.69. The monoisotopic (exact) mass is 263 g/mol. The van der Waals surface area contributed by atoms with Crippen LogP contribution in [0, 0.1) is 0 Å². The molecule has 1 rings (SSSR count). The second kappa shape index (κ2) is 5.05. The number of hydrogen-bond acceptors (Lipinski definition) is 3. The van der Waals surface area contributed by atoms with Crippen molar-refractivity contribution in [2.24, 2.45) is 0 Å². The Bertz CT molecular complexity index is 447. The van der Waals surface area contributed by atoms with Crippen LogP contribution in [0.4, 0.5) is 10.5 Å². The van der Waals surface area contributed by atoms with Crippen LogP contribution in [0.5, 0.6) is 0 Å². The van der Waals surface area contributed by atoms with Gasteiger partial charge in [-0.05, 0) is 12.1 Å². The first-order valence-corrected chi connectivity index (χ1v) is 4.78. The Morgan fingerprint density at radius 1 is 1.38 bits per heavy atom. The van der Waals surface area contributed by atoms with Gasteiger partial charge in [0, 0.05) is 5.02 Å². The standard InChI is InChI=1S/C9H7Cl2NO4/c1-16-9(15)12-6-3-4(10)2-5(11)7(6)8(13)14/h2-3H,1H3,(H,12,15)(H,13,14). The number of nitrogens with one attached hydrogen (secondary N) is 1. The minimum atomic E-state index is -1.27. The normalized spacial score (nSPS) is 9.69. The lowest BCUT2D eigenvalue weighted by atomic mass is 10.2. The molecule has 0 aliphatic rings. The Hall–Kier alpha value is -1.46. The fourth-order valence-electron chi connectivity index (χ4n) is 1.05. The van der Waals surface area contributed by atoms with Crippen molar-refractivity contribution in [1.82, 2.24) is 0 Å². The molecule has 0 fully saturated rings. The zero-order chi connectivity index (χ0) is 12.3. The summed E-state index contributed by atoms with van der Waals surface area (Å²) in [5.41, 5.74) is -0.256. The smallest absolute Gasteiger partial charge is 0.411 e. The summed E-state index contributed by atoms with van der Waals surface area (Å²) in [5, 5.41) is 11.3. The molecule has 0 spiro atoms. The number of benzene rings is 1. The first kappa shape index (κ1) is 12.6. The van der Waals surface area contributed by atoms with E-state index in [4.69, 9.17) is 28.3 Å². The molecule has 2 N–H and O–H groups in total. The first-order chi connectivity index (χ1) is 7.45. The molecule has 0 aromatic heterocycles. The lowest BCUT2D eigenvalue weighted by Gasteiger charge is -2.09. The first-order valence-electron chi connectivity index (χ1n) is 4.03. The molecule has 86 valence electrons. The number of carbonyl (C=O) groups is 2. The van der Waals surface area contributed by atoms with Gasteiger partial charge >= 0.3 is 12.1 Å². The van der Waals surface area contributed by atoms with Gasteiger partial charge < -0.3 is 9.84 Å². The van der Waals surface area contributed by atoms with Crippen molar-refractivity contribution in [3.05, 3.63) is 27.7 Å². The summed E-state index contributed by atoms with van der Waals surface area (Å²) < 4.78 is 4.34. The van der Waals surface area contributed by atoms with Crippen LogP contribution in [0.25, 0.3) is 0 Å². The third kappa shape index (κ3) is 2.77. The maximum Gasteiger partial charge on any atom is 0.411 e. The van der Waals surface area contributed by atoms with E-state index in [0.29, 0.717) is 0 Å². The number of ether oxygens (including phenoxy) is 1. The molecular weight excluding hydrogens is 257 g/mol. The number of halogens is 2. The van der Waals surface area contributed by atoms with E-state index in [2.05, 4.69) is 10.1 Å². The van der Waals surface area contributed by atoms with E-state index < -0.39 is 12.1 Å². The minimum Gasteiger partial charge on any atom is -0.478 e. The second-order valence-corrected chi connectivity index (χ2v) is 3.58. The van der Waals surface area contributed by atoms with Crippen LogP contribution in [-0.2, 0) is 4.74 Å². The van der Waals surface area contributed by atoms with Gasteiger partial charge in [0.15, 0.2) is 0 Å². The Balaban J connectivity index is 3.24. The number of carboxylic acids is 1. The van der Waals surface area contributed by atoms with E-state index in [1.54, 1.807) is 0 Å². The summed E-state index contributed by atoms with van der Waals surface area (Å²) in [4.78, 5) is 21.9. The Labute approximate surface area is 101 Å². The molecule has 1 aromatic carbocycles. The van der Waals surface area contributed by atoms with E-state index >= 15 is 0 Å². The van der Waals surface area contributed by atoms with Crippen LogP contribution in [0.1, 0.15) is 10.4 Å². The van der Waals surface area contributed by atoms with Crippen molar-refractivity contribution in [1.29, 1.82) is 0 Å². The van der Waals surface area contributed by atoms with Crippen LogP contribution in [0.3, 0.4) is 0 Å². The topological polar surface area (TPSA) is 75.6 Å². The van der Waals surface area contributed by atoms with Crippen LogP contribution in [0.15, 0.2) is 12.1 Å². The Kier molecular flexibility index (Phi) is 3.98. The summed E-state index contributed by atoms with van der Waals surface area (Å²) in [6.07, 6.45) is -0.805. The quantitative estimate of drug-likeness (QED) is 0.861. The highest BCUT2D eigenvalue weighted by Gasteiger charge is 2.17. The number of methoxy groups -OCH3 is 1. The maximum absolute atomic E-state index is 11.0. The third-order valence-corrected chi connectivity index (χ3v) is 2.21. The molecule has 16 heavy (non-hydrogen) atoms. The molecule has 0 aliphatic carbocycles. The molecule has 1 amide bonds. The molecule has 0 aliphatic heterocycles. The molecule has 0 atom stereocenters. The van der Waals surface area contributed by atoms with Gasteiger partial charge in [-0.15, -0.1) is 0 Å². The molecule has 0 saturated heterocycles. The minimum absolute atomic E-state index is 0.0168. The fourth-order valence-corrected chi connectivity index (χ4v) is 1.62. The molecule has 1 aromatic rings. The van der Waals surface area contributed by atoms with Gasteiger partial charge in [-0.25, -0.2) is 9.59 Å². The van der Waals surface area contributed by atoms with Crippen molar-refractivity contribution >= 4 is 41.0 Å². The van der Waals surface area contributed by atoms with Gasteiger partial charge in [-0.2, -0.15) is 0 Å². The van der Waals surface area contributed by atoms with Crippen molar-refractivity contribution < 1.29 is 19.4 Å². The van der Waals surface area contributed by atoms with Gasteiger partial charge in [0.1, 0.15) is 5.56 Å². The van der Waals surface area contributed by atoms with E-state index in [1.807, 2.05) is 0 Å². The largest absolute Gasteiger partial charge is 0.478 e. The van der Waals surface area contributed by atoms with Crippen molar-refractivity contribution in [3.63, 3.8) is 0 Å². The number of aromatic carboxylic acids is 1. The summed E-state index contributed by atoms with van der Waals surface area (Å²) in [6.45, 7) is 0. The summed E-state index contributed by atoms with van der Waals surface area (Å²) in [6, 6.07) is 2.54. The van der Waals surface area contributed by atoms with Gasteiger partial charge in [-0.1, -0.05) is 23.2 Å². The SMILES string of the molecule is COC(=O)Nc1cc(Cl)cc(Cl)c1C(=O)O. The van der Waals surface area contributed by atoms with Gasteiger partial charge in [-0.3, -0.25) is 5.32 Å². The van der Waals surface area contributed by atoms with Gasteiger partial charge in [0.05, 0.1) is 17.8 Å². The average Bonchev–Trinajstić information content (AvgIpc) is 2.15. The van der Waals surface area contributed by atoms with E-state index in [9.17, 15) is 9.59 Å². The summed E-state index contributed by atoms with van der Waals surface area (Å²) >= 11 is 11.4. The second-order valence-electron chi connectivity index (χ2n) is 2.73. The van der Waals surface area contributed by atoms with Gasteiger partial charge in [0.25, 0.3) is 0 Å². The molecule has 0 bridgehead atoms. The van der Waals surface area contributed by atoms with Crippen molar-refractivity contribution in [3.8, 4) is 0 Å². The van der Waals surface area contributed by atoms with Gasteiger partial charge in [0.2, 0.25) is 0 Å². The van der Waals surface area contributed by atoms with E-state index in [0.717, 1.165) is 7.11 Å². The molecular formula is C9H7Cl2NO4. The number of hydrogen-bond donors (Lipinski definition) is 2. The van der Waals surface area contributed by atoms with E-state index in [1.165, 1.54) is 12.1 Å². The molecule has 0 heterocycles. The van der Waals surface area contributed by atoms with Crippen LogP contribution < -0.4 is 5.32 Å². The lowest BCUT2D eigenvalue weighted by Crippen LogP contribution is -2.14. The molecule has 0 saturated carbocycles. The average molecular weight is 264 g/mol. The Morgan fingerprint density at radius 3 is 2.50 bits per heavy atom. The maximum atomic E-state index is 11.0. The van der Waals surface area contributed by atoms with Crippen molar-refractivity contribution in [2.45, 2.75) is 0 Å². The highest BCUT2D eigenvalue weighted by Crippen LogP contribution is 2.29. The Morgan fingerprint density at radius 2 is 2.00 bits per heavy atom.